The minimum Gasteiger partial charge on any atom is -0.477 e. The van der Waals surface area contributed by atoms with Crippen molar-refractivity contribution in [3.63, 3.8) is 0 Å². The molecule has 3 amide bonds. The minimum absolute atomic E-state index is 0.0210. The van der Waals surface area contributed by atoms with E-state index < -0.39 is 23.5 Å². The topological polar surface area (TPSA) is 111 Å². The second-order valence-corrected chi connectivity index (χ2v) is 5.68. The zero-order chi connectivity index (χ0) is 18.1. The standard InChI is InChI=1S/C17H21N3O5/c21-16(12-25-15-9-5-4-8-14(15)20(23)24)19-17(22)18-11-10-13-6-2-1-3-7-13/h4-6,8-9H,1-3,7,10-12H2,(H2,18,19,21,22). The van der Waals surface area contributed by atoms with Crippen LogP contribution in [0.3, 0.4) is 0 Å². The van der Waals surface area contributed by atoms with E-state index in [2.05, 4.69) is 16.7 Å². The van der Waals surface area contributed by atoms with E-state index in [1.165, 1.54) is 36.6 Å². The van der Waals surface area contributed by atoms with Crippen molar-refractivity contribution in [1.82, 2.24) is 10.6 Å². The second-order valence-electron chi connectivity index (χ2n) is 5.68. The van der Waals surface area contributed by atoms with Gasteiger partial charge < -0.3 is 10.1 Å². The number of para-hydroxylation sites is 2. The molecule has 0 heterocycles. The van der Waals surface area contributed by atoms with Gasteiger partial charge in [-0.3, -0.25) is 20.2 Å². The SMILES string of the molecule is O=C(COc1ccccc1[N+](=O)[O-])NC(=O)NCCC1=CCCCC1. The third-order valence-electron chi connectivity index (χ3n) is 3.79. The van der Waals surface area contributed by atoms with Crippen molar-refractivity contribution in [2.75, 3.05) is 13.2 Å². The number of nitro benzene ring substituents is 1. The number of nitrogens with zero attached hydrogens (tertiary/aromatic N) is 1. The van der Waals surface area contributed by atoms with Crippen LogP contribution >= 0.6 is 0 Å². The van der Waals surface area contributed by atoms with Crippen molar-refractivity contribution >= 4 is 17.6 Å². The Hall–Kier alpha value is -2.90. The van der Waals surface area contributed by atoms with E-state index in [1.807, 2.05) is 0 Å². The Morgan fingerprint density at radius 1 is 1.24 bits per heavy atom. The smallest absolute Gasteiger partial charge is 0.321 e. The number of rotatable bonds is 7. The largest absolute Gasteiger partial charge is 0.477 e. The van der Waals surface area contributed by atoms with Crippen molar-refractivity contribution in [3.05, 3.63) is 46.0 Å². The van der Waals surface area contributed by atoms with Crippen LogP contribution < -0.4 is 15.4 Å². The molecule has 0 bridgehead atoms. The van der Waals surface area contributed by atoms with Gasteiger partial charge in [-0.15, -0.1) is 0 Å². The van der Waals surface area contributed by atoms with Gasteiger partial charge in [-0.05, 0) is 38.2 Å². The predicted octanol–water partition coefficient (Wildman–Crippen LogP) is 2.69. The van der Waals surface area contributed by atoms with Gasteiger partial charge in [0, 0.05) is 12.6 Å². The number of amides is 3. The van der Waals surface area contributed by atoms with Gasteiger partial charge in [-0.2, -0.15) is 0 Å². The molecule has 8 nitrogen and oxygen atoms in total. The van der Waals surface area contributed by atoms with Gasteiger partial charge in [0.1, 0.15) is 0 Å². The van der Waals surface area contributed by atoms with Gasteiger partial charge in [0.15, 0.2) is 12.4 Å². The van der Waals surface area contributed by atoms with Gasteiger partial charge in [0.25, 0.3) is 5.91 Å². The summed E-state index contributed by atoms with van der Waals surface area (Å²) in [4.78, 5) is 33.6. The molecule has 0 atom stereocenters. The maximum Gasteiger partial charge on any atom is 0.321 e. The molecule has 0 unspecified atom stereocenters. The number of hydrogen-bond donors (Lipinski definition) is 2. The van der Waals surface area contributed by atoms with Gasteiger partial charge in [0.2, 0.25) is 0 Å². The van der Waals surface area contributed by atoms with E-state index in [0.717, 1.165) is 19.3 Å². The molecule has 0 saturated carbocycles. The first kappa shape index (κ1) is 18.4. The van der Waals surface area contributed by atoms with Gasteiger partial charge in [0.05, 0.1) is 4.92 Å². The lowest BCUT2D eigenvalue weighted by atomic mass is 9.97. The number of allylic oxidation sites excluding steroid dienone is 1. The molecule has 8 heteroatoms. The molecule has 25 heavy (non-hydrogen) atoms. The molecule has 0 aromatic heterocycles. The first-order valence-electron chi connectivity index (χ1n) is 8.18. The zero-order valence-corrected chi connectivity index (χ0v) is 13.8. The summed E-state index contributed by atoms with van der Waals surface area (Å²) in [5.74, 6) is -0.695. The van der Waals surface area contributed by atoms with Crippen LogP contribution in [0, 0.1) is 10.1 Å². The minimum atomic E-state index is -0.674. The monoisotopic (exact) mass is 347 g/mol. The average molecular weight is 347 g/mol. The number of carbonyl (C=O) groups is 2. The first-order valence-corrected chi connectivity index (χ1v) is 8.18. The molecular formula is C17H21N3O5. The van der Waals surface area contributed by atoms with Crippen molar-refractivity contribution in [2.45, 2.75) is 32.1 Å². The van der Waals surface area contributed by atoms with Gasteiger partial charge >= 0.3 is 11.7 Å². The summed E-state index contributed by atoms with van der Waals surface area (Å²) < 4.78 is 5.12. The highest BCUT2D eigenvalue weighted by Crippen LogP contribution is 2.25. The van der Waals surface area contributed by atoms with Gasteiger partial charge in [-0.25, -0.2) is 4.79 Å². The zero-order valence-electron chi connectivity index (χ0n) is 13.8. The highest BCUT2D eigenvalue weighted by Gasteiger charge is 2.15. The van der Waals surface area contributed by atoms with Crippen LogP contribution in [0.15, 0.2) is 35.9 Å². The second kappa shape index (κ2) is 9.41. The highest BCUT2D eigenvalue weighted by atomic mass is 16.6. The van der Waals surface area contributed by atoms with Crippen LogP contribution in [0.5, 0.6) is 5.75 Å². The number of carbonyl (C=O) groups excluding carboxylic acids is 2. The van der Waals surface area contributed by atoms with Crippen LogP contribution in [-0.4, -0.2) is 30.0 Å². The Labute approximate surface area is 145 Å². The van der Waals surface area contributed by atoms with Crippen molar-refractivity contribution in [3.8, 4) is 5.75 Å². The number of imide groups is 1. The van der Waals surface area contributed by atoms with E-state index in [1.54, 1.807) is 6.07 Å². The third-order valence-corrected chi connectivity index (χ3v) is 3.79. The Morgan fingerprint density at radius 3 is 2.76 bits per heavy atom. The molecule has 134 valence electrons. The summed E-state index contributed by atoms with van der Waals surface area (Å²) in [7, 11) is 0. The van der Waals surface area contributed by atoms with Crippen molar-refractivity contribution in [1.29, 1.82) is 0 Å². The fourth-order valence-electron chi connectivity index (χ4n) is 2.55. The molecule has 1 aliphatic carbocycles. The van der Waals surface area contributed by atoms with Crippen LogP contribution in [0.25, 0.3) is 0 Å². The third kappa shape index (κ3) is 6.25. The molecule has 1 aromatic rings. The Balaban J connectivity index is 1.70. The number of benzene rings is 1. The summed E-state index contributed by atoms with van der Waals surface area (Å²) in [5, 5.41) is 15.6. The lowest BCUT2D eigenvalue weighted by Gasteiger charge is -2.13. The number of urea groups is 1. The van der Waals surface area contributed by atoms with E-state index in [4.69, 9.17) is 4.74 Å². The highest BCUT2D eigenvalue weighted by molar-refractivity contribution is 5.95. The summed E-state index contributed by atoms with van der Waals surface area (Å²) >= 11 is 0. The van der Waals surface area contributed by atoms with Crippen LogP contribution in [0.4, 0.5) is 10.5 Å². The number of nitro groups is 1. The Kier molecular flexibility index (Phi) is 6.94. The molecule has 0 aliphatic heterocycles. The Bertz CT molecular complexity index is 672. The average Bonchev–Trinajstić information content (AvgIpc) is 2.61. The molecule has 0 fully saturated rings. The van der Waals surface area contributed by atoms with Crippen molar-refractivity contribution < 1.29 is 19.2 Å². The Morgan fingerprint density at radius 2 is 2.04 bits per heavy atom. The number of hydrogen-bond acceptors (Lipinski definition) is 5. The molecule has 0 radical (unpaired) electrons. The van der Waals surface area contributed by atoms with E-state index in [9.17, 15) is 19.7 Å². The number of nitrogens with one attached hydrogen (secondary N) is 2. The van der Waals surface area contributed by atoms with Crippen LogP contribution in [-0.2, 0) is 4.79 Å². The molecule has 2 rings (SSSR count). The lowest BCUT2D eigenvalue weighted by Crippen LogP contribution is -2.42. The van der Waals surface area contributed by atoms with Crippen LogP contribution in [0.2, 0.25) is 0 Å². The summed E-state index contributed by atoms with van der Waals surface area (Å²) in [6.07, 6.45) is 7.52. The normalized spacial score (nSPS) is 13.5. The summed E-state index contributed by atoms with van der Waals surface area (Å²) in [6.45, 7) is -0.0284. The summed E-state index contributed by atoms with van der Waals surface area (Å²) in [6, 6.07) is 5.13. The van der Waals surface area contributed by atoms with E-state index in [0.29, 0.717) is 6.54 Å². The fourth-order valence-corrected chi connectivity index (χ4v) is 2.55. The maximum absolute atomic E-state index is 11.7. The summed E-state index contributed by atoms with van der Waals surface area (Å²) in [5.41, 5.74) is 1.10. The lowest BCUT2D eigenvalue weighted by molar-refractivity contribution is -0.385. The molecular weight excluding hydrogens is 326 g/mol. The van der Waals surface area contributed by atoms with E-state index in [-0.39, 0.29) is 11.4 Å². The molecule has 1 aromatic carbocycles. The van der Waals surface area contributed by atoms with Crippen LogP contribution in [0.1, 0.15) is 32.1 Å². The predicted molar refractivity (Wildman–Crippen MR) is 91.3 cm³/mol. The molecule has 0 spiro atoms. The van der Waals surface area contributed by atoms with Gasteiger partial charge in [-0.1, -0.05) is 23.8 Å². The quantitative estimate of drug-likeness (QED) is 0.447. The fraction of sp³-hybridized carbons (Fsp3) is 0.412. The molecule has 0 saturated heterocycles. The van der Waals surface area contributed by atoms with Crippen molar-refractivity contribution in [2.24, 2.45) is 0 Å². The number of ether oxygens (including phenoxy) is 1. The molecule has 1 aliphatic rings. The molecule has 2 N–H and O–H groups in total. The maximum atomic E-state index is 11.7. The first-order chi connectivity index (χ1) is 12.1. The van der Waals surface area contributed by atoms with E-state index >= 15 is 0 Å².